The Balaban J connectivity index is 1.38. The van der Waals surface area contributed by atoms with Crippen LogP contribution in [0.1, 0.15) is 25.1 Å². The molecule has 2 N–H and O–H groups in total. The third-order valence-electron chi connectivity index (χ3n) is 7.52. The molecule has 13 heteroatoms. The molecule has 10 nitrogen and oxygen atoms in total. The molecule has 0 saturated carbocycles. The van der Waals surface area contributed by atoms with Crippen molar-refractivity contribution in [3.05, 3.63) is 45.8 Å². The van der Waals surface area contributed by atoms with E-state index in [-0.39, 0.29) is 41.5 Å². The lowest BCUT2D eigenvalue weighted by Gasteiger charge is -2.46. The molecule has 2 fully saturated rings. The highest BCUT2D eigenvalue weighted by Crippen LogP contribution is 2.52. The van der Waals surface area contributed by atoms with Crippen LogP contribution in [0, 0.1) is 11.8 Å². The smallest absolute Gasteiger partial charge is 0.410 e. The van der Waals surface area contributed by atoms with E-state index in [1.165, 1.54) is 22.7 Å². The molecule has 0 aromatic carbocycles. The Bertz CT molecular complexity index is 1350. The number of aryl methyl sites for hydroxylation is 1. The highest BCUT2D eigenvalue weighted by Gasteiger charge is 2.60. The number of amides is 2. The van der Waals surface area contributed by atoms with Crippen LogP contribution >= 0.6 is 34.7 Å². The van der Waals surface area contributed by atoms with Crippen molar-refractivity contribution in [2.24, 2.45) is 18.9 Å². The number of likely N-dealkylation sites (tertiary alicyclic amines) is 1. The molecule has 0 aliphatic carbocycles. The van der Waals surface area contributed by atoms with E-state index in [9.17, 15) is 24.6 Å². The van der Waals surface area contributed by atoms with Crippen molar-refractivity contribution >= 4 is 57.5 Å². The fourth-order valence-corrected chi connectivity index (χ4v) is 8.77. The Labute approximate surface area is 233 Å². The second-order valence-corrected chi connectivity index (χ2v) is 12.9. The predicted octanol–water partition coefficient (Wildman–Crippen LogP) is 2.67. The number of carboxylic acids is 1. The van der Waals surface area contributed by atoms with Gasteiger partial charge in [0.15, 0.2) is 0 Å². The van der Waals surface area contributed by atoms with Crippen LogP contribution < -0.4 is 4.57 Å². The summed E-state index contributed by atoms with van der Waals surface area (Å²) in [6, 6.07) is -0.530. The molecular weight excluding hydrogens is 552 g/mol. The molecule has 0 unspecified atom stereocenters. The number of hydrogen-bond donors (Lipinski definition) is 2. The van der Waals surface area contributed by atoms with Crippen LogP contribution in [0.2, 0.25) is 5.28 Å². The maximum atomic E-state index is 13.0. The van der Waals surface area contributed by atoms with Crippen LogP contribution in [0.5, 0.6) is 0 Å². The molecule has 3 aliphatic rings. The third kappa shape index (κ3) is 4.41. The first-order chi connectivity index (χ1) is 18.0. The topological polar surface area (TPSA) is 116 Å². The number of carbonyl (C=O) groups excluding carboxylic acids is 2. The number of aromatic nitrogens is 2. The number of nitrogens with zero attached hydrogens (tertiary/aromatic N) is 4. The van der Waals surface area contributed by atoms with Crippen LogP contribution in [0.4, 0.5) is 4.79 Å². The molecule has 2 aromatic heterocycles. The summed E-state index contributed by atoms with van der Waals surface area (Å²) in [4.78, 5) is 43.6. The lowest BCUT2D eigenvalue weighted by Crippen LogP contribution is -2.63. The van der Waals surface area contributed by atoms with Gasteiger partial charge in [0.05, 0.1) is 30.0 Å². The lowest BCUT2D eigenvalue weighted by molar-refractivity contribution is -0.667. The Morgan fingerprint density at radius 3 is 2.82 bits per heavy atom. The number of rotatable bonds is 8. The number of fused-ring (bicyclic) bond motifs is 2. The lowest BCUT2D eigenvalue weighted by atomic mass is 9.79. The van der Waals surface area contributed by atoms with Gasteiger partial charge in [-0.25, -0.2) is 14.2 Å². The summed E-state index contributed by atoms with van der Waals surface area (Å²) in [6.45, 7) is 7.56. The van der Waals surface area contributed by atoms with Gasteiger partial charge in [-0.15, -0.1) is 11.8 Å². The van der Waals surface area contributed by atoms with Gasteiger partial charge in [-0.1, -0.05) is 30.9 Å². The number of aliphatic hydroxyl groups is 1. The molecule has 2 amide bonds. The second kappa shape index (κ2) is 10.2. The Morgan fingerprint density at radius 2 is 2.18 bits per heavy atom. The molecule has 2 saturated heterocycles. The van der Waals surface area contributed by atoms with Crippen molar-refractivity contribution in [2.75, 3.05) is 13.2 Å². The predicted molar refractivity (Wildman–Crippen MR) is 143 cm³/mol. The van der Waals surface area contributed by atoms with Gasteiger partial charge >= 0.3 is 17.3 Å². The number of aliphatic carboxylic acids is 1. The highest BCUT2D eigenvalue weighted by molar-refractivity contribution is 8.03. The first kappa shape index (κ1) is 27.0. The van der Waals surface area contributed by atoms with Crippen molar-refractivity contribution in [1.82, 2.24) is 14.2 Å². The fourth-order valence-electron chi connectivity index (χ4n) is 5.81. The number of β-lactam (4-membered cyclic amide) rings is 1. The highest BCUT2D eigenvalue weighted by atomic mass is 35.5. The molecule has 0 spiro atoms. The van der Waals surface area contributed by atoms with Gasteiger partial charge in [0.2, 0.25) is 10.7 Å². The summed E-state index contributed by atoms with van der Waals surface area (Å²) >= 11 is 9.41. The average Bonchev–Trinajstić information content (AvgIpc) is 3.56. The minimum absolute atomic E-state index is 0.00504. The summed E-state index contributed by atoms with van der Waals surface area (Å²) in [7, 11) is 1.88. The number of halogens is 1. The number of thioether (sulfide) groups is 1. The number of aliphatic hydroxyl groups excluding tert-OH is 1. The molecule has 38 heavy (non-hydrogen) atoms. The number of hydrogen-bond acceptors (Lipinski definition) is 7. The molecule has 6 atom stereocenters. The minimum atomic E-state index is -1.16. The third-order valence-corrected chi connectivity index (χ3v) is 10.5. The van der Waals surface area contributed by atoms with Gasteiger partial charge in [0.1, 0.15) is 24.7 Å². The average molecular weight is 582 g/mol. The van der Waals surface area contributed by atoms with Gasteiger partial charge in [-0.05, 0) is 13.3 Å². The summed E-state index contributed by atoms with van der Waals surface area (Å²) < 4.78 is 9.11. The summed E-state index contributed by atoms with van der Waals surface area (Å²) in [5, 5.41) is 20.6. The Kier molecular flexibility index (Phi) is 7.27. The number of carbonyl (C=O) groups is 3. The van der Waals surface area contributed by atoms with Crippen LogP contribution in [0.25, 0.3) is 4.83 Å². The van der Waals surface area contributed by atoms with E-state index in [1.807, 2.05) is 35.3 Å². The summed E-state index contributed by atoms with van der Waals surface area (Å²) in [6.07, 6.45) is 5.38. The number of ether oxygens (including phenoxy) is 1. The molecule has 3 aliphatic heterocycles. The van der Waals surface area contributed by atoms with E-state index < -0.39 is 24.1 Å². The van der Waals surface area contributed by atoms with Crippen LogP contribution in [0.15, 0.2) is 35.7 Å². The van der Waals surface area contributed by atoms with E-state index in [0.717, 1.165) is 9.71 Å². The number of thiazole rings is 1. The molecule has 5 rings (SSSR count). The van der Waals surface area contributed by atoms with Crippen molar-refractivity contribution in [2.45, 2.75) is 50.1 Å². The van der Waals surface area contributed by atoms with Crippen molar-refractivity contribution in [3.63, 3.8) is 0 Å². The van der Waals surface area contributed by atoms with E-state index in [0.29, 0.717) is 29.6 Å². The monoisotopic (exact) mass is 581 g/mol. The van der Waals surface area contributed by atoms with Crippen molar-refractivity contribution < 1.29 is 33.9 Å². The van der Waals surface area contributed by atoms with Crippen molar-refractivity contribution in [3.8, 4) is 0 Å². The molecule has 5 heterocycles. The molecule has 0 bridgehead atoms. The van der Waals surface area contributed by atoms with Gasteiger partial charge in [0.25, 0.3) is 0 Å². The minimum Gasteiger partial charge on any atom is -0.477 e. The van der Waals surface area contributed by atoms with E-state index >= 15 is 0 Å². The van der Waals surface area contributed by atoms with E-state index in [4.69, 9.17) is 16.3 Å². The Morgan fingerprint density at radius 1 is 1.45 bits per heavy atom. The van der Waals surface area contributed by atoms with E-state index in [2.05, 4.69) is 6.58 Å². The van der Waals surface area contributed by atoms with Crippen LogP contribution in [-0.4, -0.2) is 79.0 Å². The molecule has 0 radical (unpaired) electrons. The normalized spacial score (nSPS) is 27.6. The zero-order valence-electron chi connectivity index (χ0n) is 21.2. The fraction of sp³-hybridized carbons (Fsp3) is 0.520. The van der Waals surface area contributed by atoms with Gasteiger partial charge < -0.3 is 24.7 Å². The zero-order chi connectivity index (χ0) is 27.5. The Hall–Kier alpha value is -2.54. The number of carboxylic acid groups (broad SMARTS) is 1. The van der Waals surface area contributed by atoms with Crippen LogP contribution in [-0.2, 0) is 27.8 Å². The first-order valence-electron chi connectivity index (χ1n) is 12.4. The number of imidazole rings is 1. The van der Waals surface area contributed by atoms with E-state index in [1.54, 1.807) is 23.2 Å². The van der Waals surface area contributed by atoms with Gasteiger partial charge in [-0.3, -0.25) is 4.79 Å². The second-order valence-electron chi connectivity index (χ2n) is 10.0. The maximum Gasteiger partial charge on any atom is 0.410 e. The standard InChI is InChI=1S/C25H29ClN4O6S2/c1-5-6-36-25(35)28-9-16(8-14(28)7-15-10-29-17(37-15)11-27(4)24(29)26)38-21-12(2)19-18(13(3)31)22(32)30(19)20(21)23(33)34/h5,10-14,16,18-19,31H,1,6-9H2,2-4H3/p+1/t12-,13-,14-,16+,18-,19-/m1/s1. The molecule has 204 valence electrons. The van der Waals surface area contributed by atoms with Crippen LogP contribution in [0.3, 0.4) is 0 Å². The maximum absolute atomic E-state index is 13.0. The zero-order valence-corrected chi connectivity index (χ0v) is 23.6. The van der Waals surface area contributed by atoms with Gasteiger partial charge in [-0.2, -0.15) is 4.40 Å². The molecule has 2 aromatic rings. The quantitative estimate of drug-likeness (QED) is 0.280. The summed E-state index contributed by atoms with van der Waals surface area (Å²) in [5.41, 5.74) is -0.00504. The SMILES string of the molecule is C=CCOC(=O)N1C[C@@H](SC2=C(C(=O)O)N3C(=O)[C@H]([C@@H](C)O)[C@H]3[C@H]2C)C[C@H]1Cc1cn2c(Cl)[n+](C)cc2s1. The van der Waals surface area contributed by atoms with Crippen molar-refractivity contribution in [1.29, 1.82) is 0 Å². The first-order valence-corrected chi connectivity index (χ1v) is 14.4. The summed E-state index contributed by atoms with van der Waals surface area (Å²) in [5.74, 6) is -2.36. The van der Waals surface area contributed by atoms with Gasteiger partial charge in [0, 0.05) is 46.7 Å². The largest absolute Gasteiger partial charge is 0.477 e. The molecular formula is C25H30ClN4O6S2+.